The molecule has 2 aliphatic rings. The molecule has 0 radical (unpaired) electrons. The zero-order valence-electron chi connectivity index (χ0n) is 17.4. The van der Waals surface area contributed by atoms with Crippen LogP contribution in [0.5, 0.6) is 5.75 Å². The van der Waals surface area contributed by atoms with Gasteiger partial charge in [-0.3, -0.25) is 0 Å². The van der Waals surface area contributed by atoms with Crippen LogP contribution < -0.4 is 9.64 Å². The predicted octanol–water partition coefficient (Wildman–Crippen LogP) is 4.79. The zero-order chi connectivity index (χ0) is 22.0. The summed E-state index contributed by atoms with van der Waals surface area (Å²) in [6.07, 6.45) is 7.66. The summed E-state index contributed by atoms with van der Waals surface area (Å²) in [4.78, 5) is 18.6. The van der Waals surface area contributed by atoms with Crippen LogP contribution in [-0.2, 0) is 0 Å². The maximum Gasteiger partial charge on any atom is 0.225 e. The Kier molecular flexibility index (Phi) is 5.01. The van der Waals surface area contributed by atoms with Crippen molar-refractivity contribution in [1.82, 2.24) is 9.97 Å². The fourth-order valence-electron chi connectivity index (χ4n) is 4.46. The van der Waals surface area contributed by atoms with E-state index in [1.807, 2.05) is 48.7 Å². The summed E-state index contributed by atoms with van der Waals surface area (Å²) in [6, 6.07) is 15.3. The van der Waals surface area contributed by atoms with E-state index in [4.69, 9.17) is 11.3 Å². The van der Waals surface area contributed by atoms with Crippen molar-refractivity contribution < 1.29 is 4.74 Å². The topological polar surface area (TPSA) is 78.8 Å². The van der Waals surface area contributed by atoms with E-state index in [-0.39, 0.29) is 5.60 Å². The van der Waals surface area contributed by atoms with Crippen molar-refractivity contribution in [3.05, 3.63) is 77.9 Å². The maximum atomic E-state index is 9.34. The van der Waals surface area contributed by atoms with Gasteiger partial charge >= 0.3 is 0 Å². The highest BCUT2D eigenvalue weighted by molar-refractivity contribution is 6.06. The van der Waals surface area contributed by atoms with Crippen LogP contribution in [0, 0.1) is 18.0 Å². The van der Waals surface area contributed by atoms with Gasteiger partial charge in [-0.05, 0) is 35.4 Å². The van der Waals surface area contributed by atoms with Crippen molar-refractivity contribution in [3.8, 4) is 23.1 Å². The van der Waals surface area contributed by atoms with Gasteiger partial charge < -0.3 is 9.64 Å². The van der Waals surface area contributed by atoms with Crippen molar-refractivity contribution >= 4 is 17.3 Å². The van der Waals surface area contributed by atoms with Crippen LogP contribution in [0.15, 0.2) is 65.9 Å². The Morgan fingerprint density at radius 3 is 2.59 bits per heavy atom. The number of piperidine rings is 1. The number of rotatable bonds is 2. The molecule has 2 aliphatic heterocycles. The SMILES string of the molecule is [C-]#[N+]c1cccc(-c2ccc3c(c2)/C(=N/C#N)CC2(CCN(c4ncccn4)CC2)O3)c1. The minimum atomic E-state index is -0.389. The molecule has 156 valence electrons. The first kappa shape index (κ1) is 19.7. The fourth-order valence-corrected chi connectivity index (χ4v) is 4.46. The first-order valence-electron chi connectivity index (χ1n) is 10.5. The molecule has 0 saturated carbocycles. The van der Waals surface area contributed by atoms with Gasteiger partial charge in [0.25, 0.3) is 0 Å². The molecule has 2 aromatic carbocycles. The molecular weight excluding hydrogens is 400 g/mol. The third-order valence-corrected chi connectivity index (χ3v) is 6.11. The van der Waals surface area contributed by atoms with Crippen LogP contribution >= 0.6 is 0 Å². The second-order valence-corrected chi connectivity index (χ2v) is 8.03. The first-order valence-corrected chi connectivity index (χ1v) is 10.5. The van der Waals surface area contributed by atoms with E-state index in [1.165, 1.54) is 0 Å². The fraction of sp³-hybridized carbons (Fsp3) is 0.240. The number of fused-ring (bicyclic) bond motifs is 1. The third kappa shape index (κ3) is 3.66. The molecular formula is C25H20N6O. The number of hydrogen-bond donors (Lipinski definition) is 0. The summed E-state index contributed by atoms with van der Waals surface area (Å²) in [6.45, 7) is 8.82. The number of aliphatic imine (C=N–C) groups is 1. The van der Waals surface area contributed by atoms with Gasteiger partial charge in [0.15, 0.2) is 5.69 Å². The highest BCUT2D eigenvalue weighted by Gasteiger charge is 2.42. The number of nitrogens with zero attached hydrogens (tertiary/aromatic N) is 6. The van der Waals surface area contributed by atoms with Crippen LogP contribution in [0.4, 0.5) is 11.6 Å². The molecule has 0 amide bonds. The van der Waals surface area contributed by atoms with Gasteiger partial charge in [-0.2, -0.15) is 10.3 Å². The predicted molar refractivity (Wildman–Crippen MR) is 122 cm³/mol. The Balaban J connectivity index is 1.44. The largest absolute Gasteiger partial charge is 0.486 e. The van der Waals surface area contributed by atoms with E-state index >= 15 is 0 Å². The van der Waals surface area contributed by atoms with Gasteiger partial charge in [0.2, 0.25) is 12.1 Å². The number of hydrogen-bond acceptors (Lipinski definition) is 6. The van der Waals surface area contributed by atoms with Gasteiger partial charge in [-0.1, -0.05) is 24.3 Å². The summed E-state index contributed by atoms with van der Waals surface area (Å²) in [7, 11) is 0. The lowest BCUT2D eigenvalue weighted by Gasteiger charge is -2.44. The molecule has 1 spiro atoms. The molecule has 7 heteroatoms. The summed E-state index contributed by atoms with van der Waals surface area (Å²) >= 11 is 0. The van der Waals surface area contributed by atoms with Gasteiger partial charge in [-0.15, -0.1) is 0 Å². The van der Waals surface area contributed by atoms with Crippen molar-refractivity contribution in [2.24, 2.45) is 4.99 Å². The molecule has 7 nitrogen and oxygen atoms in total. The lowest BCUT2D eigenvalue weighted by atomic mass is 9.81. The van der Waals surface area contributed by atoms with Crippen molar-refractivity contribution in [2.75, 3.05) is 18.0 Å². The Hall–Kier alpha value is -4.23. The molecule has 0 bridgehead atoms. The van der Waals surface area contributed by atoms with E-state index in [0.717, 1.165) is 60.0 Å². The number of ether oxygens (including phenoxy) is 1. The summed E-state index contributed by atoms with van der Waals surface area (Å²) in [5.41, 5.74) is 3.72. The Morgan fingerprint density at radius 2 is 1.84 bits per heavy atom. The van der Waals surface area contributed by atoms with Crippen molar-refractivity contribution in [2.45, 2.75) is 24.9 Å². The van der Waals surface area contributed by atoms with Gasteiger partial charge in [0.05, 0.1) is 12.3 Å². The van der Waals surface area contributed by atoms with E-state index in [0.29, 0.717) is 12.1 Å². The van der Waals surface area contributed by atoms with E-state index in [9.17, 15) is 5.26 Å². The lowest BCUT2D eigenvalue weighted by molar-refractivity contribution is 0.0447. The van der Waals surface area contributed by atoms with Crippen LogP contribution in [0.2, 0.25) is 0 Å². The summed E-state index contributed by atoms with van der Waals surface area (Å²) in [5, 5.41) is 9.34. The quantitative estimate of drug-likeness (QED) is 0.440. The molecule has 0 unspecified atom stereocenters. The molecule has 1 fully saturated rings. The van der Waals surface area contributed by atoms with Gasteiger partial charge in [0, 0.05) is 50.3 Å². The van der Waals surface area contributed by atoms with Crippen LogP contribution in [-0.4, -0.2) is 34.4 Å². The molecule has 0 aliphatic carbocycles. The molecule has 3 heterocycles. The van der Waals surface area contributed by atoms with Crippen LogP contribution in [0.1, 0.15) is 24.8 Å². The average Bonchev–Trinajstić information content (AvgIpc) is 2.85. The van der Waals surface area contributed by atoms with Crippen LogP contribution in [0.3, 0.4) is 0 Å². The van der Waals surface area contributed by atoms with E-state index in [1.54, 1.807) is 18.5 Å². The molecule has 3 aromatic rings. The molecule has 32 heavy (non-hydrogen) atoms. The van der Waals surface area contributed by atoms with Crippen LogP contribution in [0.25, 0.3) is 16.0 Å². The first-order chi connectivity index (χ1) is 15.7. The lowest BCUT2D eigenvalue weighted by Crippen LogP contribution is -2.51. The summed E-state index contributed by atoms with van der Waals surface area (Å²) < 4.78 is 6.55. The molecule has 1 saturated heterocycles. The Bertz CT molecular complexity index is 1260. The number of anilines is 1. The summed E-state index contributed by atoms with van der Waals surface area (Å²) in [5.74, 6) is 1.48. The smallest absolute Gasteiger partial charge is 0.225 e. The Morgan fingerprint density at radius 1 is 1.06 bits per heavy atom. The van der Waals surface area contributed by atoms with Gasteiger partial charge in [-0.25, -0.2) is 14.8 Å². The highest BCUT2D eigenvalue weighted by Crippen LogP contribution is 2.41. The number of benzene rings is 2. The van der Waals surface area contributed by atoms with Gasteiger partial charge in [0.1, 0.15) is 11.4 Å². The number of nitriles is 1. The van der Waals surface area contributed by atoms with E-state index in [2.05, 4.69) is 24.7 Å². The second-order valence-electron chi connectivity index (χ2n) is 8.03. The third-order valence-electron chi connectivity index (χ3n) is 6.11. The van der Waals surface area contributed by atoms with Crippen molar-refractivity contribution in [1.29, 1.82) is 5.26 Å². The van der Waals surface area contributed by atoms with E-state index < -0.39 is 0 Å². The van der Waals surface area contributed by atoms with Crippen molar-refractivity contribution in [3.63, 3.8) is 0 Å². The second kappa shape index (κ2) is 8.13. The molecule has 0 N–H and O–H groups in total. The maximum absolute atomic E-state index is 9.34. The molecule has 1 aromatic heterocycles. The standard InChI is InChI=1S/C25H20N6O/c1-27-20-5-2-4-18(14-20)19-6-7-23-21(15-19)22(30-17-26)16-25(32-23)8-12-31(13-9-25)24-28-10-3-11-29-24/h2-7,10-11,14-15H,8-9,12-13,16H2/b30-22+. The minimum absolute atomic E-state index is 0.389. The average molecular weight is 420 g/mol. The monoisotopic (exact) mass is 420 g/mol. The normalized spacial score (nSPS) is 17.8. The molecule has 0 atom stereocenters. The minimum Gasteiger partial charge on any atom is -0.486 e. The zero-order valence-corrected chi connectivity index (χ0v) is 17.4. The number of aromatic nitrogens is 2. The molecule has 5 rings (SSSR count). The highest BCUT2D eigenvalue weighted by atomic mass is 16.5. The Labute approximate surface area is 186 Å².